The van der Waals surface area contributed by atoms with E-state index >= 15 is 0 Å². The molecule has 2 heterocycles. The molecule has 0 radical (unpaired) electrons. The lowest BCUT2D eigenvalue weighted by molar-refractivity contribution is 0.286. The number of nitrogens with one attached hydrogen (secondary N) is 1. The first-order valence-corrected chi connectivity index (χ1v) is 6.50. The monoisotopic (exact) mass is 263 g/mol. The highest BCUT2D eigenvalue weighted by Crippen LogP contribution is 2.11. The highest BCUT2D eigenvalue weighted by molar-refractivity contribution is 5.27. The minimum absolute atomic E-state index is 0.216. The molecule has 0 unspecified atom stereocenters. The number of hydrogen-bond donors (Lipinski definition) is 2. The van der Waals surface area contributed by atoms with Gasteiger partial charge in [0.1, 0.15) is 0 Å². The van der Waals surface area contributed by atoms with Gasteiger partial charge in [0, 0.05) is 37.7 Å². The minimum Gasteiger partial charge on any atom is -0.396 e. The molecule has 0 aromatic carbocycles. The Bertz CT molecular complexity index is 524. The molecule has 0 saturated heterocycles. The van der Waals surface area contributed by atoms with Crippen molar-refractivity contribution in [2.24, 2.45) is 7.05 Å². The third-order valence-corrected chi connectivity index (χ3v) is 3.07. The molecule has 0 aliphatic carbocycles. The molecule has 0 bridgehead atoms. The van der Waals surface area contributed by atoms with Gasteiger partial charge in [-0.3, -0.25) is 4.68 Å². The molecule has 2 aromatic heterocycles. The smallest absolute Gasteiger partial charge is 0.175 e. The van der Waals surface area contributed by atoms with E-state index in [1.165, 1.54) is 0 Å². The standard InChI is InChI=1S/C13H21N5O/c1-10-8-13(16-17(10)3)18-11(2)7-12(15-18)9-14-5-4-6-19/h7-8,14,19H,4-6,9H2,1-3H3. The van der Waals surface area contributed by atoms with Crippen LogP contribution in [-0.2, 0) is 13.6 Å². The number of aliphatic hydroxyl groups is 1. The Morgan fingerprint density at radius 1 is 1.21 bits per heavy atom. The van der Waals surface area contributed by atoms with E-state index in [-0.39, 0.29) is 6.61 Å². The lowest BCUT2D eigenvalue weighted by Gasteiger charge is -2.00. The molecular formula is C13H21N5O. The number of rotatable bonds is 6. The molecule has 0 atom stereocenters. The average Bonchev–Trinajstić information content (AvgIpc) is 2.89. The molecule has 0 spiro atoms. The normalized spacial score (nSPS) is 11.2. The maximum Gasteiger partial charge on any atom is 0.175 e. The van der Waals surface area contributed by atoms with Crippen molar-refractivity contribution >= 4 is 0 Å². The van der Waals surface area contributed by atoms with Crippen molar-refractivity contribution in [1.29, 1.82) is 0 Å². The highest BCUT2D eigenvalue weighted by atomic mass is 16.3. The van der Waals surface area contributed by atoms with Gasteiger partial charge in [-0.05, 0) is 32.9 Å². The molecule has 6 nitrogen and oxygen atoms in total. The van der Waals surface area contributed by atoms with Gasteiger partial charge >= 0.3 is 0 Å². The van der Waals surface area contributed by atoms with Crippen LogP contribution < -0.4 is 5.32 Å². The Hall–Kier alpha value is -1.66. The second-order valence-electron chi connectivity index (χ2n) is 4.71. The van der Waals surface area contributed by atoms with Gasteiger partial charge in [0.2, 0.25) is 0 Å². The zero-order chi connectivity index (χ0) is 13.8. The van der Waals surface area contributed by atoms with Gasteiger partial charge in [0.25, 0.3) is 0 Å². The first-order valence-electron chi connectivity index (χ1n) is 6.50. The van der Waals surface area contributed by atoms with Crippen LogP contribution >= 0.6 is 0 Å². The van der Waals surface area contributed by atoms with E-state index in [1.807, 2.05) is 36.3 Å². The Kier molecular flexibility index (Phi) is 4.34. The molecule has 2 aromatic rings. The molecule has 0 amide bonds. The summed E-state index contributed by atoms with van der Waals surface area (Å²) in [6.45, 7) is 5.76. The topological polar surface area (TPSA) is 67.9 Å². The number of hydrogen-bond acceptors (Lipinski definition) is 4. The zero-order valence-electron chi connectivity index (χ0n) is 11.7. The van der Waals surface area contributed by atoms with Crippen molar-refractivity contribution in [2.75, 3.05) is 13.2 Å². The number of nitrogens with zero attached hydrogens (tertiary/aromatic N) is 4. The molecule has 0 saturated carbocycles. The van der Waals surface area contributed by atoms with Crippen molar-refractivity contribution in [3.8, 4) is 5.82 Å². The van der Waals surface area contributed by atoms with E-state index in [4.69, 9.17) is 5.11 Å². The largest absolute Gasteiger partial charge is 0.396 e. The van der Waals surface area contributed by atoms with Gasteiger partial charge in [0.15, 0.2) is 5.82 Å². The van der Waals surface area contributed by atoms with Crippen LogP contribution in [0.15, 0.2) is 12.1 Å². The van der Waals surface area contributed by atoms with Crippen LogP contribution in [-0.4, -0.2) is 37.8 Å². The average molecular weight is 263 g/mol. The minimum atomic E-state index is 0.216. The summed E-state index contributed by atoms with van der Waals surface area (Å²) >= 11 is 0. The molecule has 2 rings (SSSR count). The molecule has 0 fully saturated rings. The molecule has 2 N–H and O–H groups in total. The van der Waals surface area contributed by atoms with Crippen LogP contribution in [0.3, 0.4) is 0 Å². The molecule has 19 heavy (non-hydrogen) atoms. The highest BCUT2D eigenvalue weighted by Gasteiger charge is 2.09. The van der Waals surface area contributed by atoms with Crippen LogP contribution in [0.2, 0.25) is 0 Å². The van der Waals surface area contributed by atoms with E-state index in [0.29, 0.717) is 6.54 Å². The predicted molar refractivity (Wildman–Crippen MR) is 73.2 cm³/mol. The third-order valence-electron chi connectivity index (χ3n) is 3.07. The second-order valence-corrected chi connectivity index (χ2v) is 4.71. The summed E-state index contributed by atoms with van der Waals surface area (Å²) < 4.78 is 3.70. The number of aromatic nitrogens is 4. The molecule has 104 valence electrons. The van der Waals surface area contributed by atoms with Gasteiger partial charge in [0.05, 0.1) is 5.69 Å². The summed E-state index contributed by atoms with van der Waals surface area (Å²) in [4.78, 5) is 0. The molecule has 0 aliphatic rings. The van der Waals surface area contributed by atoms with Gasteiger partial charge in [-0.15, -0.1) is 0 Å². The molecule has 6 heteroatoms. The molecular weight excluding hydrogens is 242 g/mol. The lowest BCUT2D eigenvalue weighted by Crippen LogP contribution is -2.16. The molecule has 0 aliphatic heterocycles. The number of aryl methyl sites for hydroxylation is 3. The SMILES string of the molecule is Cc1cc(-n2nc(CNCCCO)cc2C)nn1C. The Morgan fingerprint density at radius 3 is 2.63 bits per heavy atom. The second kappa shape index (κ2) is 5.99. The lowest BCUT2D eigenvalue weighted by atomic mass is 10.3. The Labute approximate surface area is 113 Å². The van der Waals surface area contributed by atoms with Crippen molar-refractivity contribution < 1.29 is 5.11 Å². The Morgan fingerprint density at radius 2 is 2.00 bits per heavy atom. The van der Waals surface area contributed by atoms with Gasteiger partial charge in [-0.25, -0.2) is 4.68 Å². The first-order chi connectivity index (χ1) is 9.11. The van der Waals surface area contributed by atoms with Crippen LogP contribution in [0.1, 0.15) is 23.5 Å². The summed E-state index contributed by atoms with van der Waals surface area (Å²) in [5.41, 5.74) is 3.16. The number of aliphatic hydroxyl groups excluding tert-OH is 1. The van der Waals surface area contributed by atoms with Crippen molar-refractivity contribution in [2.45, 2.75) is 26.8 Å². The maximum atomic E-state index is 8.72. The summed E-state index contributed by atoms with van der Waals surface area (Å²) in [6.07, 6.45) is 0.763. The summed E-state index contributed by atoms with van der Waals surface area (Å²) in [6, 6.07) is 4.07. The van der Waals surface area contributed by atoms with Crippen LogP contribution in [0.25, 0.3) is 5.82 Å². The van der Waals surface area contributed by atoms with Gasteiger partial charge in [-0.2, -0.15) is 10.2 Å². The summed E-state index contributed by atoms with van der Waals surface area (Å²) in [5.74, 6) is 0.846. The maximum absolute atomic E-state index is 8.72. The van der Waals surface area contributed by atoms with E-state index in [2.05, 4.69) is 21.6 Å². The zero-order valence-corrected chi connectivity index (χ0v) is 11.7. The van der Waals surface area contributed by atoms with Crippen molar-refractivity contribution in [3.05, 3.63) is 29.2 Å². The summed E-state index contributed by atoms with van der Waals surface area (Å²) in [5, 5.41) is 20.9. The quantitative estimate of drug-likeness (QED) is 0.753. The fourth-order valence-corrected chi connectivity index (χ4v) is 1.92. The van der Waals surface area contributed by atoms with Crippen LogP contribution in [0, 0.1) is 13.8 Å². The van der Waals surface area contributed by atoms with Crippen LogP contribution in [0.4, 0.5) is 0 Å². The van der Waals surface area contributed by atoms with E-state index in [1.54, 1.807) is 0 Å². The van der Waals surface area contributed by atoms with Gasteiger partial charge < -0.3 is 10.4 Å². The predicted octanol–water partition coefficient (Wildman–Crippen LogP) is 0.695. The summed E-state index contributed by atoms with van der Waals surface area (Å²) in [7, 11) is 1.93. The third kappa shape index (κ3) is 3.21. The van der Waals surface area contributed by atoms with E-state index in [9.17, 15) is 0 Å². The van der Waals surface area contributed by atoms with Crippen molar-refractivity contribution in [3.63, 3.8) is 0 Å². The fourth-order valence-electron chi connectivity index (χ4n) is 1.92. The first kappa shape index (κ1) is 13.8. The van der Waals surface area contributed by atoms with E-state index in [0.717, 1.165) is 35.9 Å². The van der Waals surface area contributed by atoms with E-state index < -0.39 is 0 Å². The van der Waals surface area contributed by atoms with Crippen LogP contribution in [0.5, 0.6) is 0 Å². The van der Waals surface area contributed by atoms with Crippen molar-refractivity contribution in [1.82, 2.24) is 24.9 Å². The van der Waals surface area contributed by atoms with Gasteiger partial charge in [-0.1, -0.05) is 0 Å². The fraction of sp³-hybridized carbons (Fsp3) is 0.538. The Balaban J connectivity index is 2.08.